The predicted octanol–water partition coefficient (Wildman–Crippen LogP) is 3.76. The van der Waals surface area contributed by atoms with Crippen molar-refractivity contribution in [3.8, 4) is 0 Å². The van der Waals surface area contributed by atoms with E-state index in [9.17, 15) is 10.0 Å². The molecular weight excluding hydrogens is 358 g/mol. The Morgan fingerprint density at radius 2 is 1.87 bits per heavy atom. The zero-order valence-corrected chi connectivity index (χ0v) is 13.9. The van der Waals surface area contributed by atoms with Gasteiger partial charge in [0.2, 0.25) is 0 Å². The summed E-state index contributed by atoms with van der Waals surface area (Å²) >= 11 is 3.34. The van der Waals surface area contributed by atoms with Crippen LogP contribution >= 0.6 is 15.9 Å². The Morgan fingerprint density at radius 1 is 1.17 bits per heavy atom. The molecule has 23 heavy (non-hydrogen) atoms. The Balaban J connectivity index is 1.95. The number of anilines is 1. The van der Waals surface area contributed by atoms with E-state index in [4.69, 9.17) is 0 Å². The molecule has 0 aliphatic rings. The third-order valence-electron chi connectivity index (χ3n) is 3.57. The number of halogens is 1. The molecule has 1 heterocycles. The Morgan fingerprint density at radius 3 is 2.57 bits per heavy atom. The van der Waals surface area contributed by atoms with Crippen molar-refractivity contribution < 1.29 is 10.0 Å². The number of amides is 1. The van der Waals surface area contributed by atoms with Crippen LogP contribution in [0.15, 0.2) is 64.4 Å². The van der Waals surface area contributed by atoms with Crippen LogP contribution in [0.2, 0.25) is 0 Å². The van der Waals surface area contributed by atoms with Crippen molar-refractivity contribution in [1.82, 2.24) is 4.57 Å². The van der Waals surface area contributed by atoms with E-state index < -0.39 is 5.91 Å². The summed E-state index contributed by atoms with van der Waals surface area (Å²) in [5.41, 5.74) is 2.14. The summed E-state index contributed by atoms with van der Waals surface area (Å²) in [6.07, 6.45) is 1.78. The highest BCUT2D eigenvalue weighted by Crippen LogP contribution is 2.22. The van der Waals surface area contributed by atoms with Crippen LogP contribution in [0.1, 0.15) is 5.56 Å². The van der Waals surface area contributed by atoms with E-state index in [0.717, 1.165) is 15.4 Å². The van der Waals surface area contributed by atoms with Crippen LogP contribution in [-0.4, -0.2) is 21.4 Å². The molecule has 0 spiro atoms. The van der Waals surface area contributed by atoms with Crippen LogP contribution in [0.4, 0.5) is 5.69 Å². The van der Waals surface area contributed by atoms with E-state index in [1.165, 1.54) is 0 Å². The van der Waals surface area contributed by atoms with Gasteiger partial charge >= 0.3 is 0 Å². The minimum Gasteiger partial charge on any atom is -0.410 e. The quantitative estimate of drug-likeness (QED) is 0.418. The third-order valence-corrected chi connectivity index (χ3v) is 4.10. The van der Waals surface area contributed by atoms with Crippen molar-refractivity contribution >= 4 is 44.1 Å². The van der Waals surface area contributed by atoms with Crippen molar-refractivity contribution in [2.24, 2.45) is 12.2 Å². The highest BCUT2D eigenvalue weighted by molar-refractivity contribution is 9.10. The fraction of sp³-hybridized carbons (Fsp3) is 0.0588. The van der Waals surface area contributed by atoms with Gasteiger partial charge in [-0.1, -0.05) is 39.3 Å². The topological polar surface area (TPSA) is 66.6 Å². The lowest BCUT2D eigenvalue weighted by molar-refractivity contribution is -0.110. The largest absolute Gasteiger partial charge is 0.410 e. The zero-order chi connectivity index (χ0) is 16.4. The minimum absolute atomic E-state index is 0.0234. The Labute approximate surface area is 141 Å². The molecule has 0 bridgehead atoms. The average Bonchev–Trinajstić information content (AvgIpc) is 2.88. The highest BCUT2D eigenvalue weighted by Gasteiger charge is 2.19. The molecule has 0 radical (unpaired) electrons. The number of nitrogens with one attached hydrogen (secondary N) is 1. The molecule has 3 rings (SSSR count). The van der Waals surface area contributed by atoms with Gasteiger partial charge < -0.3 is 15.1 Å². The molecule has 2 aromatic carbocycles. The third kappa shape index (κ3) is 2.98. The second-order valence-corrected chi connectivity index (χ2v) is 6.00. The molecule has 3 aromatic rings. The van der Waals surface area contributed by atoms with Crippen LogP contribution in [0, 0.1) is 0 Å². The molecule has 0 saturated heterocycles. The van der Waals surface area contributed by atoms with Gasteiger partial charge in [-0.05, 0) is 30.3 Å². The second-order valence-electron chi connectivity index (χ2n) is 5.08. The summed E-state index contributed by atoms with van der Waals surface area (Å²) in [4.78, 5) is 12.5. The van der Waals surface area contributed by atoms with Gasteiger partial charge in [0.05, 0.1) is 0 Å². The van der Waals surface area contributed by atoms with Gasteiger partial charge in [-0.25, -0.2) is 0 Å². The lowest BCUT2D eigenvalue weighted by atomic mass is 10.1. The van der Waals surface area contributed by atoms with E-state index in [-0.39, 0.29) is 5.71 Å². The summed E-state index contributed by atoms with van der Waals surface area (Å²) in [6.45, 7) is 0. The van der Waals surface area contributed by atoms with Crippen LogP contribution in [0.5, 0.6) is 0 Å². The van der Waals surface area contributed by atoms with Crippen LogP contribution < -0.4 is 5.32 Å². The van der Waals surface area contributed by atoms with Gasteiger partial charge in [0, 0.05) is 39.9 Å². The van der Waals surface area contributed by atoms with E-state index in [1.54, 1.807) is 18.3 Å². The maximum atomic E-state index is 12.5. The molecule has 0 fully saturated rings. The normalized spacial score (nSPS) is 11.7. The summed E-state index contributed by atoms with van der Waals surface area (Å²) in [5.74, 6) is -0.467. The fourth-order valence-corrected chi connectivity index (χ4v) is 2.74. The molecule has 1 aromatic heterocycles. The molecule has 0 saturated carbocycles. The number of aryl methyl sites for hydroxylation is 1. The molecule has 6 heteroatoms. The van der Waals surface area contributed by atoms with Crippen molar-refractivity contribution in [2.75, 3.05) is 5.32 Å². The number of para-hydroxylation sites is 1. The van der Waals surface area contributed by atoms with Crippen LogP contribution in [0.3, 0.4) is 0 Å². The first-order valence-corrected chi connectivity index (χ1v) is 7.73. The van der Waals surface area contributed by atoms with Gasteiger partial charge in [0.1, 0.15) is 0 Å². The first-order valence-electron chi connectivity index (χ1n) is 6.93. The van der Waals surface area contributed by atoms with Gasteiger partial charge in [-0.3, -0.25) is 4.79 Å². The molecule has 116 valence electrons. The lowest BCUT2D eigenvalue weighted by Crippen LogP contribution is -2.23. The predicted molar refractivity (Wildman–Crippen MR) is 94.0 cm³/mol. The molecule has 5 nitrogen and oxygen atoms in total. The maximum absolute atomic E-state index is 12.5. The Kier molecular flexibility index (Phi) is 4.16. The summed E-state index contributed by atoms with van der Waals surface area (Å²) in [5, 5.41) is 16.2. The van der Waals surface area contributed by atoms with Crippen molar-refractivity contribution in [2.45, 2.75) is 0 Å². The van der Waals surface area contributed by atoms with E-state index in [2.05, 4.69) is 26.4 Å². The average molecular weight is 372 g/mol. The first kappa shape index (κ1) is 15.3. The first-order chi connectivity index (χ1) is 11.1. The molecule has 0 aliphatic carbocycles. The number of benzene rings is 2. The number of oxime groups is 1. The number of hydrogen-bond acceptors (Lipinski definition) is 3. The molecule has 0 unspecified atom stereocenters. The Hall–Kier alpha value is -2.60. The number of aromatic nitrogens is 1. The van der Waals surface area contributed by atoms with E-state index >= 15 is 0 Å². The highest BCUT2D eigenvalue weighted by atomic mass is 79.9. The van der Waals surface area contributed by atoms with Gasteiger partial charge in [0.15, 0.2) is 5.71 Å². The number of rotatable bonds is 3. The fourth-order valence-electron chi connectivity index (χ4n) is 2.48. The zero-order valence-electron chi connectivity index (χ0n) is 12.3. The van der Waals surface area contributed by atoms with Gasteiger partial charge in [-0.2, -0.15) is 0 Å². The number of carbonyl (C=O) groups is 1. The summed E-state index contributed by atoms with van der Waals surface area (Å²) < 4.78 is 2.81. The minimum atomic E-state index is -0.467. The molecule has 1 amide bonds. The van der Waals surface area contributed by atoms with Crippen molar-refractivity contribution in [3.63, 3.8) is 0 Å². The van der Waals surface area contributed by atoms with Crippen molar-refractivity contribution in [1.29, 1.82) is 0 Å². The number of fused-ring (bicyclic) bond motifs is 1. The molecule has 0 atom stereocenters. The maximum Gasteiger partial charge on any atom is 0.278 e. The van der Waals surface area contributed by atoms with Crippen molar-refractivity contribution in [3.05, 3.63) is 64.8 Å². The summed E-state index contributed by atoms with van der Waals surface area (Å²) in [7, 11) is 1.88. The number of nitrogens with zero attached hydrogens (tertiary/aromatic N) is 2. The SMILES string of the molecule is Cn1cc(/C(=N/O)C(=O)Nc2ccc(Br)cc2)c2ccccc21. The molecular formula is C17H14BrN3O2. The van der Waals surface area contributed by atoms with Gasteiger partial charge in [-0.15, -0.1) is 0 Å². The van der Waals surface area contributed by atoms with E-state index in [1.807, 2.05) is 48.0 Å². The van der Waals surface area contributed by atoms with Gasteiger partial charge in [0.25, 0.3) is 5.91 Å². The Bertz CT molecular complexity index is 898. The molecule has 0 aliphatic heterocycles. The smallest absolute Gasteiger partial charge is 0.278 e. The standard InChI is InChI=1S/C17H14BrN3O2/c1-21-10-14(13-4-2-3-5-15(13)21)16(20-23)17(22)19-12-8-6-11(18)7-9-12/h2-10,23H,1H3,(H,19,22)/b20-16-. The van der Waals surface area contributed by atoms with Crippen LogP contribution in [0.25, 0.3) is 10.9 Å². The monoisotopic (exact) mass is 371 g/mol. The number of hydrogen-bond donors (Lipinski definition) is 2. The molecule has 2 N–H and O–H groups in total. The number of carbonyl (C=O) groups excluding carboxylic acids is 1. The second kappa shape index (κ2) is 6.26. The van der Waals surface area contributed by atoms with Crippen LogP contribution in [-0.2, 0) is 11.8 Å². The lowest BCUT2D eigenvalue weighted by Gasteiger charge is -2.06. The van der Waals surface area contributed by atoms with E-state index in [0.29, 0.717) is 11.3 Å². The summed E-state index contributed by atoms with van der Waals surface area (Å²) in [6, 6.07) is 14.8.